The molecule has 19 heavy (non-hydrogen) atoms. The predicted molar refractivity (Wildman–Crippen MR) is 73.7 cm³/mol. The molecule has 6 nitrogen and oxygen atoms in total. The molecule has 0 spiro atoms. The highest BCUT2D eigenvalue weighted by molar-refractivity contribution is 6.33. The second kappa shape index (κ2) is 7.93. The molecular formula is C12H18ClN3O3. The van der Waals surface area contributed by atoms with E-state index >= 15 is 0 Å². The number of aromatic nitrogens is 1. The molecule has 0 aliphatic carbocycles. The maximum atomic E-state index is 12.3. The number of rotatable bonds is 7. The lowest BCUT2D eigenvalue weighted by molar-refractivity contribution is 0.0651. The summed E-state index contributed by atoms with van der Waals surface area (Å²) < 4.78 is 4.94. The molecule has 2 N–H and O–H groups in total. The SMILES string of the molecule is CNc1ccc(Cl)c(C(=O)N(CCO)CCOC)n1. The number of nitrogens with zero attached hydrogens (tertiary/aromatic N) is 2. The first kappa shape index (κ1) is 15.7. The molecule has 1 heterocycles. The van der Waals surface area contributed by atoms with Gasteiger partial charge in [0, 0.05) is 27.2 Å². The number of ether oxygens (including phenoxy) is 1. The summed E-state index contributed by atoms with van der Waals surface area (Å²) in [7, 11) is 3.26. The minimum absolute atomic E-state index is 0.126. The van der Waals surface area contributed by atoms with Crippen molar-refractivity contribution in [1.29, 1.82) is 0 Å². The summed E-state index contributed by atoms with van der Waals surface area (Å²) in [6.45, 7) is 0.843. The van der Waals surface area contributed by atoms with Crippen LogP contribution >= 0.6 is 11.6 Å². The maximum absolute atomic E-state index is 12.3. The summed E-state index contributed by atoms with van der Waals surface area (Å²) in [6.07, 6.45) is 0. The van der Waals surface area contributed by atoms with E-state index in [1.54, 1.807) is 26.3 Å². The fourth-order valence-electron chi connectivity index (χ4n) is 1.52. The van der Waals surface area contributed by atoms with E-state index in [1.165, 1.54) is 4.90 Å². The Kier molecular flexibility index (Phi) is 6.55. The number of hydrogen-bond acceptors (Lipinski definition) is 5. The Hall–Kier alpha value is -1.37. The zero-order chi connectivity index (χ0) is 14.3. The minimum atomic E-state index is -0.326. The van der Waals surface area contributed by atoms with Gasteiger partial charge in [-0.2, -0.15) is 0 Å². The number of hydrogen-bond donors (Lipinski definition) is 2. The number of halogens is 1. The molecule has 1 aromatic rings. The Morgan fingerprint density at radius 3 is 2.84 bits per heavy atom. The van der Waals surface area contributed by atoms with Crippen molar-refractivity contribution in [2.24, 2.45) is 0 Å². The van der Waals surface area contributed by atoms with Crippen molar-refractivity contribution in [3.05, 3.63) is 22.8 Å². The minimum Gasteiger partial charge on any atom is -0.395 e. The fraction of sp³-hybridized carbons (Fsp3) is 0.500. The lowest BCUT2D eigenvalue weighted by atomic mass is 10.3. The van der Waals surface area contributed by atoms with E-state index in [2.05, 4.69) is 10.3 Å². The number of carbonyl (C=O) groups is 1. The Morgan fingerprint density at radius 2 is 2.26 bits per heavy atom. The van der Waals surface area contributed by atoms with Crippen LogP contribution in [-0.2, 0) is 4.74 Å². The molecule has 0 aliphatic heterocycles. The first-order valence-corrected chi connectivity index (χ1v) is 6.25. The molecule has 0 saturated carbocycles. The molecule has 0 unspecified atom stereocenters. The van der Waals surface area contributed by atoms with Gasteiger partial charge < -0.3 is 20.1 Å². The van der Waals surface area contributed by atoms with Gasteiger partial charge >= 0.3 is 0 Å². The third-order valence-corrected chi connectivity index (χ3v) is 2.83. The summed E-state index contributed by atoms with van der Waals surface area (Å²) in [6, 6.07) is 3.30. The van der Waals surface area contributed by atoms with Crippen LogP contribution in [0.3, 0.4) is 0 Å². The topological polar surface area (TPSA) is 74.7 Å². The predicted octanol–water partition coefficient (Wildman–Crippen LogP) is 0.858. The van der Waals surface area contributed by atoms with Gasteiger partial charge in [0.1, 0.15) is 11.5 Å². The van der Waals surface area contributed by atoms with Crippen LogP contribution in [0.4, 0.5) is 5.82 Å². The Morgan fingerprint density at radius 1 is 1.53 bits per heavy atom. The number of methoxy groups -OCH3 is 1. The highest BCUT2D eigenvalue weighted by Crippen LogP contribution is 2.18. The number of nitrogens with one attached hydrogen (secondary N) is 1. The van der Waals surface area contributed by atoms with E-state index in [4.69, 9.17) is 21.4 Å². The van der Waals surface area contributed by atoms with E-state index < -0.39 is 0 Å². The third kappa shape index (κ3) is 4.34. The quantitative estimate of drug-likeness (QED) is 0.778. The van der Waals surface area contributed by atoms with Crippen LogP contribution in [0, 0.1) is 0 Å². The molecule has 0 radical (unpaired) electrons. The summed E-state index contributed by atoms with van der Waals surface area (Å²) in [5, 5.41) is 12.1. The van der Waals surface area contributed by atoms with Crippen LogP contribution in [0.5, 0.6) is 0 Å². The zero-order valence-electron chi connectivity index (χ0n) is 11.0. The highest BCUT2D eigenvalue weighted by Gasteiger charge is 2.19. The van der Waals surface area contributed by atoms with Crippen molar-refractivity contribution in [3.8, 4) is 0 Å². The van der Waals surface area contributed by atoms with Crippen molar-refractivity contribution in [3.63, 3.8) is 0 Å². The van der Waals surface area contributed by atoms with Gasteiger partial charge in [-0.1, -0.05) is 11.6 Å². The van der Waals surface area contributed by atoms with Gasteiger partial charge in [0.05, 0.1) is 18.2 Å². The van der Waals surface area contributed by atoms with E-state index in [9.17, 15) is 4.79 Å². The number of aliphatic hydroxyl groups is 1. The Labute approximate surface area is 117 Å². The first-order chi connectivity index (χ1) is 9.13. The molecular weight excluding hydrogens is 270 g/mol. The lowest BCUT2D eigenvalue weighted by Crippen LogP contribution is -2.36. The number of carbonyl (C=O) groups excluding carboxylic acids is 1. The monoisotopic (exact) mass is 287 g/mol. The van der Waals surface area contributed by atoms with E-state index in [-0.39, 0.29) is 29.8 Å². The summed E-state index contributed by atoms with van der Waals surface area (Å²) in [4.78, 5) is 17.9. The molecule has 1 aromatic heterocycles. The van der Waals surface area contributed by atoms with Crippen LogP contribution < -0.4 is 5.32 Å². The van der Waals surface area contributed by atoms with E-state index in [0.29, 0.717) is 19.0 Å². The summed E-state index contributed by atoms with van der Waals surface area (Å²) in [5.74, 6) is 0.233. The molecule has 0 aromatic carbocycles. The molecule has 0 fully saturated rings. The van der Waals surface area contributed by atoms with Crippen LogP contribution in [0.15, 0.2) is 12.1 Å². The van der Waals surface area contributed by atoms with Gasteiger partial charge in [-0.05, 0) is 12.1 Å². The summed E-state index contributed by atoms with van der Waals surface area (Å²) >= 11 is 5.99. The van der Waals surface area contributed by atoms with Gasteiger partial charge in [-0.25, -0.2) is 4.98 Å². The number of aliphatic hydroxyl groups excluding tert-OH is 1. The van der Waals surface area contributed by atoms with Crippen molar-refractivity contribution in [1.82, 2.24) is 9.88 Å². The second-order valence-corrected chi connectivity index (χ2v) is 4.19. The smallest absolute Gasteiger partial charge is 0.274 e. The fourth-order valence-corrected chi connectivity index (χ4v) is 1.70. The van der Waals surface area contributed by atoms with Gasteiger partial charge in [0.15, 0.2) is 0 Å². The van der Waals surface area contributed by atoms with Gasteiger partial charge in [-0.3, -0.25) is 4.79 Å². The summed E-state index contributed by atoms with van der Waals surface area (Å²) in [5.41, 5.74) is 0.165. The Bertz CT molecular complexity index is 429. The molecule has 0 aliphatic rings. The van der Waals surface area contributed by atoms with Crippen LogP contribution in [0.25, 0.3) is 0 Å². The molecule has 106 valence electrons. The van der Waals surface area contributed by atoms with Gasteiger partial charge in [-0.15, -0.1) is 0 Å². The van der Waals surface area contributed by atoms with Crippen molar-refractivity contribution < 1.29 is 14.6 Å². The number of pyridine rings is 1. The van der Waals surface area contributed by atoms with Gasteiger partial charge in [0.25, 0.3) is 5.91 Å². The van der Waals surface area contributed by atoms with E-state index in [1.807, 2.05) is 0 Å². The van der Waals surface area contributed by atoms with Crippen molar-refractivity contribution >= 4 is 23.3 Å². The molecule has 1 rings (SSSR count). The normalized spacial score (nSPS) is 10.3. The molecule has 0 atom stereocenters. The number of anilines is 1. The maximum Gasteiger partial charge on any atom is 0.274 e. The lowest BCUT2D eigenvalue weighted by Gasteiger charge is -2.21. The zero-order valence-corrected chi connectivity index (χ0v) is 11.8. The molecule has 0 bridgehead atoms. The van der Waals surface area contributed by atoms with Crippen LogP contribution in [0.2, 0.25) is 5.02 Å². The Balaban J connectivity index is 2.94. The average Bonchev–Trinajstić information content (AvgIpc) is 2.43. The van der Waals surface area contributed by atoms with Gasteiger partial charge in [0.2, 0.25) is 0 Å². The highest BCUT2D eigenvalue weighted by atomic mass is 35.5. The largest absolute Gasteiger partial charge is 0.395 e. The van der Waals surface area contributed by atoms with Crippen molar-refractivity contribution in [2.75, 3.05) is 45.8 Å². The average molecular weight is 288 g/mol. The van der Waals surface area contributed by atoms with E-state index in [0.717, 1.165) is 0 Å². The molecule has 7 heteroatoms. The molecule has 0 saturated heterocycles. The standard InChI is InChI=1S/C12H18ClN3O3/c1-14-10-4-3-9(13)11(15-10)12(18)16(5-7-17)6-8-19-2/h3-4,17H,5-8H2,1-2H3,(H,14,15). The molecule has 1 amide bonds. The third-order valence-electron chi connectivity index (χ3n) is 2.53. The number of amides is 1. The first-order valence-electron chi connectivity index (χ1n) is 5.87. The second-order valence-electron chi connectivity index (χ2n) is 3.79. The van der Waals surface area contributed by atoms with Crippen LogP contribution in [-0.4, -0.2) is 61.4 Å². The van der Waals surface area contributed by atoms with Crippen LogP contribution in [0.1, 0.15) is 10.5 Å². The van der Waals surface area contributed by atoms with Crippen molar-refractivity contribution in [2.45, 2.75) is 0 Å².